The average Bonchev–Trinajstić information content (AvgIpc) is 3.19. The van der Waals surface area contributed by atoms with Crippen LogP contribution in [-0.2, 0) is 0 Å². The van der Waals surface area contributed by atoms with Crippen LogP contribution in [0.1, 0.15) is 20.7 Å². The predicted molar refractivity (Wildman–Crippen MR) is 106 cm³/mol. The van der Waals surface area contributed by atoms with E-state index < -0.39 is 11.9 Å². The molecule has 3 aromatic heterocycles. The molecule has 5 rings (SSSR count). The van der Waals surface area contributed by atoms with Crippen LogP contribution in [0.4, 0.5) is 0 Å². The lowest BCUT2D eigenvalue weighted by Gasteiger charge is -2.03. The molecule has 0 fully saturated rings. The summed E-state index contributed by atoms with van der Waals surface area (Å²) in [7, 11) is 0. The number of hydrogen-bond acceptors (Lipinski definition) is 5. The number of carboxylic acid groups (broad SMARTS) is 2. The first-order valence-electron chi connectivity index (χ1n) is 8.66. The van der Waals surface area contributed by atoms with Gasteiger partial charge in [0.15, 0.2) is 0 Å². The lowest BCUT2D eigenvalue weighted by atomic mass is 10.1. The van der Waals surface area contributed by atoms with Gasteiger partial charge in [0.05, 0.1) is 33.2 Å². The van der Waals surface area contributed by atoms with Crippen molar-refractivity contribution in [3.8, 4) is 11.4 Å². The summed E-state index contributed by atoms with van der Waals surface area (Å²) in [6.45, 7) is 0. The maximum atomic E-state index is 11.4. The first kappa shape index (κ1) is 16.8. The zero-order chi connectivity index (χ0) is 20.1. The molecule has 0 spiro atoms. The number of nitrogens with one attached hydrogen (secondary N) is 1. The van der Waals surface area contributed by atoms with E-state index in [4.69, 9.17) is 0 Å². The summed E-state index contributed by atoms with van der Waals surface area (Å²) < 4.78 is 0. The molecule has 0 aliphatic carbocycles. The summed E-state index contributed by atoms with van der Waals surface area (Å²) in [6, 6.07) is 11.3. The van der Waals surface area contributed by atoms with E-state index in [0.29, 0.717) is 22.4 Å². The fraction of sp³-hybridized carbons (Fsp3) is 0. The van der Waals surface area contributed by atoms with E-state index in [-0.39, 0.29) is 11.1 Å². The van der Waals surface area contributed by atoms with Crippen molar-refractivity contribution < 1.29 is 19.8 Å². The van der Waals surface area contributed by atoms with Crippen molar-refractivity contribution in [2.45, 2.75) is 0 Å². The molecule has 0 saturated heterocycles. The Kier molecular flexibility index (Phi) is 3.53. The van der Waals surface area contributed by atoms with Crippen LogP contribution in [-0.4, -0.2) is 42.1 Å². The van der Waals surface area contributed by atoms with E-state index in [2.05, 4.69) is 19.9 Å². The van der Waals surface area contributed by atoms with E-state index in [0.717, 1.165) is 27.9 Å². The van der Waals surface area contributed by atoms with Crippen molar-refractivity contribution in [2.24, 2.45) is 0 Å². The van der Waals surface area contributed by atoms with E-state index in [1.54, 1.807) is 18.5 Å². The molecule has 0 radical (unpaired) electrons. The molecule has 8 nitrogen and oxygen atoms in total. The molecule has 8 heteroatoms. The molecule has 0 unspecified atom stereocenters. The van der Waals surface area contributed by atoms with Crippen molar-refractivity contribution in [2.75, 3.05) is 0 Å². The number of hydrogen-bond donors (Lipinski definition) is 3. The maximum Gasteiger partial charge on any atom is 0.335 e. The number of carbonyl (C=O) groups is 2. The predicted octanol–water partition coefficient (Wildman–Crippen LogP) is 3.72. The highest BCUT2D eigenvalue weighted by Crippen LogP contribution is 2.33. The minimum absolute atomic E-state index is 0.126. The highest BCUT2D eigenvalue weighted by molar-refractivity contribution is 6.21. The Hall–Kier alpha value is -4.33. The molecule has 2 aromatic carbocycles. The summed E-state index contributed by atoms with van der Waals surface area (Å²) in [4.78, 5) is 39.6. The SMILES string of the molecule is O=C(O)c1cc(C(=O)O)cc(-c2nc3c4cccnc4c4ncccc4c3[nH]2)c1. The van der Waals surface area contributed by atoms with Crippen LogP contribution in [0.3, 0.4) is 0 Å². The minimum atomic E-state index is -1.21. The molecule has 0 atom stereocenters. The van der Waals surface area contributed by atoms with Crippen LogP contribution in [0.5, 0.6) is 0 Å². The standard InChI is InChI=1S/C21H12N4O4/c26-20(27)11-7-10(8-12(9-11)21(28)29)19-24-17-13-3-1-5-22-15(13)16-14(18(17)25-19)4-2-6-23-16/h1-9H,(H,24,25)(H,26,27)(H,28,29). The number of pyridine rings is 2. The van der Waals surface area contributed by atoms with E-state index >= 15 is 0 Å². The van der Waals surface area contributed by atoms with Crippen molar-refractivity contribution in [3.63, 3.8) is 0 Å². The third-order valence-corrected chi connectivity index (χ3v) is 4.77. The van der Waals surface area contributed by atoms with Crippen LogP contribution in [0.2, 0.25) is 0 Å². The van der Waals surface area contributed by atoms with Gasteiger partial charge in [-0.15, -0.1) is 0 Å². The van der Waals surface area contributed by atoms with E-state index in [9.17, 15) is 19.8 Å². The number of aromatic carboxylic acids is 2. The average molecular weight is 384 g/mol. The molecular weight excluding hydrogens is 372 g/mol. The van der Waals surface area contributed by atoms with Crippen LogP contribution >= 0.6 is 0 Å². The largest absolute Gasteiger partial charge is 0.478 e. The first-order chi connectivity index (χ1) is 14.0. The van der Waals surface area contributed by atoms with Gasteiger partial charge in [-0.3, -0.25) is 9.97 Å². The molecule has 0 aliphatic rings. The Bertz CT molecular complexity index is 1370. The lowest BCUT2D eigenvalue weighted by Crippen LogP contribution is -2.03. The van der Waals surface area contributed by atoms with Gasteiger partial charge in [0.1, 0.15) is 5.82 Å². The number of aromatic amines is 1. The van der Waals surface area contributed by atoms with Crippen LogP contribution in [0.15, 0.2) is 54.9 Å². The fourth-order valence-corrected chi connectivity index (χ4v) is 3.49. The smallest absolute Gasteiger partial charge is 0.335 e. The second kappa shape index (κ2) is 6.10. The lowest BCUT2D eigenvalue weighted by molar-refractivity contribution is 0.0696. The van der Waals surface area contributed by atoms with Crippen LogP contribution in [0.25, 0.3) is 44.2 Å². The van der Waals surface area contributed by atoms with Gasteiger partial charge in [0.2, 0.25) is 0 Å². The van der Waals surface area contributed by atoms with Gasteiger partial charge in [-0.1, -0.05) is 0 Å². The highest BCUT2D eigenvalue weighted by atomic mass is 16.4. The Morgan fingerprint density at radius 1 is 0.793 bits per heavy atom. The number of imidazole rings is 1. The molecule has 0 saturated carbocycles. The van der Waals surface area contributed by atoms with Crippen molar-refractivity contribution in [3.05, 3.63) is 66.0 Å². The second-order valence-electron chi connectivity index (χ2n) is 6.52. The van der Waals surface area contributed by atoms with Crippen LogP contribution < -0.4 is 0 Å². The number of aromatic nitrogens is 4. The van der Waals surface area contributed by atoms with Gasteiger partial charge in [0.25, 0.3) is 0 Å². The molecule has 0 aliphatic heterocycles. The van der Waals surface area contributed by atoms with Crippen molar-refractivity contribution in [1.29, 1.82) is 0 Å². The number of rotatable bonds is 3. The van der Waals surface area contributed by atoms with Gasteiger partial charge in [-0.05, 0) is 42.5 Å². The van der Waals surface area contributed by atoms with Gasteiger partial charge >= 0.3 is 11.9 Å². The summed E-state index contributed by atoms with van der Waals surface area (Å²) >= 11 is 0. The molecule has 0 amide bonds. The molecule has 29 heavy (non-hydrogen) atoms. The summed E-state index contributed by atoms with van der Waals surface area (Å²) in [5.74, 6) is -2.06. The van der Waals surface area contributed by atoms with Gasteiger partial charge in [-0.2, -0.15) is 0 Å². The Morgan fingerprint density at radius 2 is 1.38 bits per heavy atom. The zero-order valence-corrected chi connectivity index (χ0v) is 14.7. The third-order valence-electron chi connectivity index (χ3n) is 4.77. The first-order valence-corrected chi connectivity index (χ1v) is 8.66. The minimum Gasteiger partial charge on any atom is -0.478 e. The summed E-state index contributed by atoms with van der Waals surface area (Å²) in [6.07, 6.45) is 3.38. The quantitative estimate of drug-likeness (QED) is 0.404. The van der Waals surface area contributed by atoms with Crippen LogP contribution in [0, 0.1) is 0 Å². The molecule has 0 bridgehead atoms. The number of carboxylic acids is 2. The molecule has 5 aromatic rings. The number of fused-ring (bicyclic) bond motifs is 6. The Labute approximate surface area is 162 Å². The van der Waals surface area contributed by atoms with Gasteiger partial charge in [-0.25, -0.2) is 14.6 Å². The van der Waals surface area contributed by atoms with E-state index in [1.807, 2.05) is 18.2 Å². The summed E-state index contributed by atoms with van der Waals surface area (Å²) in [5, 5.41) is 20.3. The van der Waals surface area contributed by atoms with Gasteiger partial charge in [0, 0.05) is 28.7 Å². The highest BCUT2D eigenvalue weighted by Gasteiger charge is 2.17. The van der Waals surface area contributed by atoms with Crippen molar-refractivity contribution in [1.82, 2.24) is 19.9 Å². The number of benzene rings is 2. The number of nitrogens with zero attached hydrogens (tertiary/aromatic N) is 3. The fourth-order valence-electron chi connectivity index (χ4n) is 3.49. The molecule has 3 heterocycles. The molecular formula is C21H12N4O4. The summed E-state index contributed by atoms with van der Waals surface area (Å²) in [5.41, 5.74) is 2.92. The Balaban J connectivity index is 1.87. The second-order valence-corrected chi connectivity index (χ2v) is 6.52. The van der Waals surface area contributed by atoms with E-state index in [1.165, 1.54) is 12.1 Å². The monoisotopic (exact) mass is 384 g/mol. The number of H-pyrrole nitrogens is 1. The Morgan fingerprint density at radius 3 is 2.00 bits per heavy atom. The third kappa shape index (κ3) is 2.58. The van der Waals surface area contributed by atoms with Gasteiger partial charge < -0.3 is 15.2 Å². The van der Waals surface area contributed by atoms with Crippen molar-refractivity contribution >= 4 is 44.8 Å². The topological polar surface area (TPSA) is 129 Å². The maximum absolute atomic E-state index is 11.4. The zero-order valence-electron chi connectivity index (χ0n) is 14.7. The molecule has 3 N–H and O–H groups in total. The normalized spacial score (nSPS) is 11.3. The molecule has 140 valence electrons.